The second-order valence-electron chi connectivity index (χ2n) is 3.91. The Morgan fingerprint density at radius 3 is 2.67 bits per heavy atom. The quantitative estimate of drug-likeness (QED) is 0.328. The molecule has 1 aliphatic heterocycles. The zero-order valence-electron chi connectivity index (χ0n) is 9.70. The standard InChI is InChI=1S/C11H21N3O/c1-10(2)4-3-5-13-11(12)14-6-8-15-9-7-14/h4H,3,5-9H2,1-2H3,(H2,12,13). The molecular formula is C11H21N3O. The number of allylic oxidation sites excluding steroid dienone is 1. The maximum absolute atomic E-state index is 5.86. The second-order valence-corrected chi connectivity index (χ2v) is 3.91. The fourth-order valence-corrected chi connectivity index (χ4v) is 1.42. The molecule has 0 amide bonds. The minimum atomic E-state index is 0.653. The van der Waals surface area contributed by atoms with Gasteiger partial charge in [-0.15, -0.1) is 0 Å². The van der Waals surface area contributed by atoms with Crippen LogP contribution in [0.1, 0.15) is 20.3 Å². The SMILES string of the molecule is CC(C)=CCCN=C(N)N1CCOCC1. The summed E-state index contributed by atoms with van der Waals surface area (Å²) in [6, 6.07) is 0. The van der Waals surface area contributed by atoms with Gasteiger partial charge in [-0.05, 0) is 20.3 Å². The lowest BCUT2D eigenvalue weighted by Crippen LogP contribution is -2.44. The molecule has 0 spiro atoms. The Labute approximate surface area is 91.8 Å². The summed E-state index contributed by atoms with van der Waals surface area (Å²) < 4.78 is 5.25. The Bertz CT molecular complexity index is 238. The number of hydrogen-bond acceptors (Lipinski definition) is 2. The summed E-state index contributed by atoms with van der Waals surface area (Å²) in [5.41, 5.74) is 7.19. The summed E-state index contributed by atoms with van der Waals surface area (Å²) in [5.74, 6) is 0.653. The van der Waals surface area contributed by atoms with Crippen molar-refractivity contribution in [2.24, 2.45) is 10.7 Å². The molecule has 0 bridgehead atoms. The topological polar surface area (TPSA) is 50.8 Å². The molecule has 4 nitrogen and oxygen atoms in total. The van der Waals surface area contributed by atoms with Crippen LogP contribution in [-0.2, 0) is 4.74 Å². The zero-order valence-corrected chi connectivity index (χ0v) is 9.70. The smallest absolute Gasteiger partial charge is 0.191 e. The number of nitrogens with zero attached hydrogens (tertiary/aromatic N) is 2. The first-order valence-electron chi connectivity index (χ1n) is 5.46. The van der Waals surface area contributed by atoms with Crippen molar-refractivity contribution in [1.29, 1.82) is 0 Å². The second kappa shape index (κ2) is 6.45. The summed E-state index contributed by atoms with van der Waals surface area (Å²) >= 11 is 0. The van der Waals surface area contributed by atoms with Crippen molar-refractivity contribution in [3.63, 3.8) is 0 Å². The largest absolute Gasteiger partial charge is 0.378 e. The van der Waals surface area contributed by atoms with Crippen LogP contribution in [0, 0.1) is 0 Å². The van der Waals surface area contributed by atoms with E-state index >= 15 is 0 Å². The average Bonchev–Trinajstić information content (AvgIpc) is 2.25. The van der Waals surface area contributed by atoms with E-state index in [-0.39, 0.29) is 0 Å². The van der Waals surface area contributed by atoms with Crippen LogP contribution in [0.5, 0.6) is 0 Å². The Balaban J connectivity index is 2.28. The van der Waals surface area contributed by atoms with Crippen LogP contribution in [0.2, 0.25) is 0 Å². The van der Waals surface area contributed by atoms with Gasteiger partial charge in [0.15, 0.2) is 5.96 Å². The fourth-order valence-electron chi connectivity index (χ4n) is 1.42. The molecule has 2 N–H and O–H groups in total. The van der Waals surface area contributed by atoms with Crippen LogP contribution in [0.4, 0.5) is 0 Å². The van der Waals surface area contributed by atoms with Gasteiger partial charge in [-0.25, -0.2) is 0 Å². The highest BCUT2D eigenvalue weighted by atomic mass is 16.5. The minimum absolute atomic E-state index is 0.653. The van der Waals surface area contributed by atoms with Gasteiger partial charge < -0.3 is 15.4 Å². The minimum Gasteiger partial charge on any atom is -0.378 e. The normalized spacial score (nSPS) is 17.7. The van der Waals surface area contributed by atoms with Crippen molar-refractivity contribution in [3.8, 4) is 0 Å². The Hall–Kier alpha value is -1.03. The van der Waals surface area contributed by atoms with E-state index in [0.29, 0.717) is 5.96 Å². The summed E-state index contributed by atoms with van der Waals surface area (Å²) in [4.78, 5) is 6.42. The molecule has 86 valence electrons. The van der Waals surface area contributed by atoms with Crippen molar-refractivity contribution >= 4 is 5.96 Å². The predicted molar refractivity (Wildman–Crippen MR) is 62.9 cm³/mol. The molecular weight excluding hydrogens is 190 g/mol. The van der Waals surface area contributed by atoms with E-state index in [2.05, 4.69) is 29.8 Å². The molecule has 1 saturated heterocycles. The predicted octanol–water partition coefficient (Wildman–Crippen LogP) is 0.990. The summed E-state index contributed by atoms with van der Waals surface area (Å²) in [6.07, 6.45) is 3.14. The summed E-state index contributed by atoms with van der Waals surface area (Å²) in [7, 11) is 0. The molecule has 0 aromatic heterocycles. The van der Waals surface area contributed by atoms with Gasteiger partial charge in [-0.2, -0.15) is 0 Å². The molecule has 0 saturated carbocycles. The summed E-state index contributed by atoms with van der Waals surface area (Å²) in [6.45, 7) is 8.18. The first kappa shape index (κ1) is 12.0. The molecule has 1 heterocycles. The number of nitrogens with two attached hydrogens (primary N) is 1. The number of morpholine rings is 1. The van der Waals surface area contributed by atoms with E-state index < -0.39 is 0 Å². The van der Waals surface area contributed by atoms with Crippen molar-refractivity contribution in [3.05, 3.63) is 11.6 Å². The molecule has 0 atom stereocenters. The van der Waals surface area contributed by atoms with Crippen molar-refractivity contribution in [1.82, 2.24) is 4.90 Å². The van der Waals surface area contributed by atoms with Gasteiger partial charge in [-0.1, -0.05) is 11.6 Å². The molecule has 0 aromatic rings. The summed E-state index contributed by atoms with van der Waals surface area (Å²) in [5, 5.41) is 0. The Morgan fingerprint density at radius 2 is 2.07 bits per heavy atom. The third-order valence-corrected chi connectivity index (χ3v) is 2.29. The third kappa shape index (κ3) is 4.83. The highest BCUT2D eigenvalue weighted by Crippen LogP contribution is 1.97. The van der Waals surface area contributed by atoms with Crippen LogP contribution >= 0.6 is 0 Å². The van der Waals surface area contributed by atoms with Gasteiger partial charge in [0.25, 0.3) is 0 Å². The number of hydrogen-bond donors (Lipinski definition) is 1. The Morgan fingerprint density at radius 1 is 1.40 bits per heavy atom. The van der Waals surface area contributed by atoms with Crippen LogP contribution in [0.15, 0.2) is 16.6 Å². The molecule has 4 heteroatoms. The van der Waals surface area contributed by atoms with Gasteiger partial charge in [0, 0.05) is 19.6 Å². The van der Waals surface area contributed by atoms with Crippen molar-refractivity contribution < 1.29 is 4.74 Å². The molecule has 0 radical (unpaired) electrons. The Kier molecular flexibility index (Phi) is 5.18. The monoisotopic (exact) mass is 211 g/mol. The molecule has 0 unspecified atom stereocenters. The van der Waals surface area contributed by atoms with E-state index in [0.717, 1.165) is 39.3 Å². The van der Waals surface area contributed by atoms with Crippen LogP contribution in [0.3, 0.4) is 0 Å². The highest BCUT2D eigenvalue weighted by Gasteiger charge is 2.11. The molecule has 1 aliphatic rings. The first-order chi connectivity index (χ1) is 7.20. The fraction of sp³-hybridized carbons (Fsp3) is 0.727. The maximum atomic E-state index is 5.86. The maximum Gasteiger partial charge on any atom is 0.191 e. The molecule has 1 fully saturated rings. The van der Waals surface area contributed by atoms with Gasteiger partial charge in [0.05, 0.1) is 13.2 Å². The van der Waals surface area contributed by atoms with Gasteiger partial charge >= 0.3 is 0 Å². The van der Waals surface area contributed by atoms with Crippen LogP contribution in [-0.4, -0.2) is 43.7 Å². The van der Waals surface area contributed by atoms with E-state index in [9.17, 15) is 0 Å². The average molecular weight is 211 g/mol. The molecule has 15 heavy (non-hydrogen) atoms. The zero-order chi connectivity index (χ0) is 11.1. The lowest BCUT2D eigenvalue weighted by atomic mass is 10.3. The third-order valence-electron chi connectivity index (χ3n) is 2.29. The van der Waals surface area contributed by atoms with E-state index in [1.807, 2.05) is 0 Å². The van der Waals surface area contributed by atoms with Gasteiger partial charge in [0.1, 0.15) is 0 Å². The van der Waals surface area contributed by atoms with Crippen molar-refractivity contribution in [2.45, 2.75) is 20.3 Å². The number of guanidine groups is 1. The first-order valence-corrected chi connectivity index (χ1v) is 5.46. The van der Waals surface area contributed by atoms with Crippen LogP contribution < -0.4 is 5.73 Å². The lowest BCUT2D eigenvalue weighted by molar-refractivity contribution is 0.0674. The van der Waals surface area contributed by atoms with Crippen molar-refractivity contribution in [2.75, 3.05) is 32.8 Å². The van der Waals surface area contributed by atoms with E-state index in [4.69, 9.17) is 10.5 Å². The number of aliphatic imine (C=N–C) groups is 1. The van der Waals surface area contributed by atoms with E-state index in [1.165, 1.54) is 5.57 Å². The lowest BCUT2D eigenvalue weighted by Gasteiger charge is -2.27. The van der Waals surface area contributed by atoms with Gasteiger partial charge in [0.2, 0.25) is 0 Å². The van der Waals surface area contributed by atoms with Crippen LogP contribution in [0.25, 0.3) is 0 Å². The molecule has 0 aliphatic carbocycles. The number of rotatable bonds is 3. The van der Waals surface area contributed by atoms with Gasteiger partial charge in [-0.3, -0.25) is 4.99 Å². The highest BCUT2D eigenvalue weighted by molar-refractivity contribution is 5.78. The van der Waals surface area contributed by atoms with E-state index in [1.54, 1.807) is 0 Å². The molecule has 1 rings (SSSR count). The number of ether oxygens (including phenoxy) is 1. The molecule has 0 aromatic carbocycles.